The predicted molar refractivity (Wildman–Crippen MR) is 99.5 cm³/mol. The van der Waals surface area contributed by atoms with Gasteiger partial charge >= 0.3 is 6.03 Å². The largest absolute Gasteiger partial charge is 0.507 e. The number of piperazine rings is 1. The molecule has 2 N–H and O–H groups in total. The summed E-state index contributed by atoms with van der Waals surface area (Å²) in [4.78, 5) is 28.4. The predicted octanol–water partition coefficient (Wildman–Crippen LogP) is 2.41. The van der Waals surface area contributed by atoms with Crippen molar-refractivity contribution in [2.45, 2.75) is 13.2 Å². The number of aromatic hydroxyl groups is 1. The summed E-state index contributed by atoms with van der Waals surface area (Å²) < 4.78 is 5.39. The first kappa shape index (κ1) is 17.4. The number of nitrogens with one attached hydrogen (secondary N) is 1. The summed E-state index contributed by atoms with van der Waals surface area (Å²) in [6.07, 6.45) is 0. The van der Waals surface area contributed by atoms with Gasteiger partial charge in [0.2, 0.25) is 0 Å². The normalized spacial score (nSPS) is 16.1. The Bertz CT molecular complexity index is 875. The van der Waals surface area contributed by atoms with Crippen molar-refractivity contribution in [3.63, 3.8) is 0 Å². The average Bonchev–Trinajstić information content (AvgIpc) is 3.16. The lowest BCUT2D eigenvalue weighted by molar-refractivity contribution is 0.0668. The number of phenolic OH excluding ortho intramolecular Hbond substituents is 1. The van der Waals surface area contributed by atoms with Crippen molar-refractivity contribution < 1.29 is 19.4 Å². The number of benzene rings is 2. The van der Waals surface area contributed by atoms with E-state index in [1.165, 1.54) is 6.07 Å². The Kier molecular flexibility index (Phi) is 4.68. The first-order valence-corrected chi connectivity index (χ1v) is 8.94. The van der Waals surface area contributed by atoms with Crippen LogP contribution in [0.2, 0.25) is 0 Å². The number of hydrogen-bond acceptors (Lipinski definition) is 4. The third kappa shape index (κ3) is 3.59. The second-order valence-corrected chi connectivity index (χ2v) is 6.70. The Morgan fingerprint density at radius 3 is 2.41 bits per heavy atom. The molecule has 4 rings (SSSR count). The summed E-state index contributed by atoms with van der Waals surface area (Å²) in [6, 6.07) is 12.1. The van der Waals surface area contributed by atoms with Gasteiger partial charge in [-0.2, -0.15) is 0 Å². The number of fused-ring (bicyclic) bond motifs is 1. The number of phenols is 1. The third-order valence-corrected chi connectivity index (χ3v) is 4.96. The molecule has 0 atom stereocenters. The molecule has 7 heteroatoms. The molecule has 2 aliphatic heterocycles. The highest BCUT2D eigenvalue weighted by molar-refractivity contribution is 5.97. The van der Waals surface area contributed by atoms with Crippen molar-refractivity contribution >= 4 is 17.6 Å². The molecule has 3 amide bonds. The minimum absolute atomic E-state index is 0.0248. The number of para-hydroxylation sites is 1. The number of nitrogens with zero attached hydrogens (tertiary/aromatic N) is 2. The van der Waals surface area contributed by atoms with Crippen molar-refractivity contribution in [1.82, 2.24) is 9.80 Å². The molecule has 0 aromatic heterocycles. The highest BCUT2D eigenvalue weighted by Crippen LogP contribution is 2.24. The van der Waals surface area contributed by atoms with Crippen LogP contribution in [0.4, 0.5) is 10.5 Å². The molecule has 2 aromatic carbocycles. The van der Waals surface area contributed by atoms with Crippen LogP contribution in [-0.4, -0.2) is 53.0 Å². The smallest absolute Gasteiger partial charge is 0.321 e. The monoisotopic (exact) mass is 367 g/mol. The summed E-state index contributed by atoms with van der Waals surface area (Å²) in [5, 5.41) is 12.8. The van der Waals surface area contributed by atoms with Crippen LogP contribution < -0.4 is 5.32 Å². The van der Waals surface area contributed by atoms with E-state index in [4.69, 9.17) is 4.74 Å². The minimum atomic E-state index is -0.216. The van der Waals surface area contributed by atoms with E-state index in [1.807, 2.05) is 18.2 Å². The Morgan fingerprint density at radius 2 is 1.63 bits per heavy atom. The van der Waals surface area contributed by atoms with Gasteiger partial charge in [-0.05, 0) is 35.4 Å². The molecule has 0 spiro atoms. The third-order valence-electron chi connectivity index (χ3n) is 4.96. The number of carbonyl (C=O) groups is 2. The number of urea groups is 1. The van der Waals surface area contributed by atoms with E-state index in [2.05, 4.69) is 5.32 Å². The highest BCUT2D eigenvalue weighted by atomic mass is 16.5. The maximum Gasteiger partial charge on any atom is 0.321 e. The van der Waals surface area contributed by atoms with E-state index in [9.17, 15) is 14.7 Å². The molecule has 2 aliphatic rings. The number of amides is 3. The van der Waals surface area contributed by atoms with E-state index in [0.717, 1.165) is 16.8 Å². The number of carbonyl (C=O) groups excluding carboxylic acids is 2. The van der Waals surface area contributed by atoms with Gasteiger partial charge in [-0.1, -0.05) is 18.2 Å². The molecule has 0 saturated carbocycles. The number of ether oxygens (including phenoxy) is 1. The van der Waals surface area contributed by atoms with Gasteiger partial charge in [-0.15, -0.1) is 0 Å². The number of rotatable bonds is 2. The fraction of sp³-hybridized carbons (Fsp3) is 0.300. The van der Waals surface area contributed by atoms with Crippen molar-refractivity contribution in [1.29, 1.82) is 0 Å². The highest BCUT2D eigenvalue weighted by Gasteiger charge is 2.26. The second-order valence-electron chi connectivity index (χ2n) is 6.70. The molecule has 2 heterocycles. The van der Waals surface area contributed by atoms with Gasteiger partial charge in [0, 0.05) is 31.9 Å². The topological polar surface area (TPSA) is 82.1 Å². The van der Waals surface area contributed by atoms with E-state index in [-0.39, 0.29) is 23.3 Å². The molecule has 0 radical (unpaired) electrons. The van der Waals surface area contributed by atoms with Gasteiger partial charge < -0.3 is 25.0 Å². The van der Waals surface area contributed by atoms with E-state index < -0.39 is 0 Å². The molecular formula is C20H21N3O4. The van der Waals surface area contributed by atoms with Crippen molar-refractivity contribution in [3.05, 3.63) is 59.2 Å². The zero-order chi connectivity index (χ0) is 18.8. The maximum atomic E-state index is 12.5. The molecular weight excluding hydrogens is 346 g/mol. The van der Waals surface area contributed by atoms with Crippen LogP contribution >= 0.6 is 0 Å². The second kappa shape index (κ2) is 7.28. The van der Waals surface area contributed by atoms with Gasteiger partial charge in [0.25, 0.3) is 5.91 Å². The number of hydrogen-bond donors (Lipinski definition) is 2. The maximum absolute atomic E-state index is 12.5. The first-order valence-electron chi connectivity index (χ1n) is 8.94. The van der Waals surface area contributed by atoms with Crippen LogP contribution in [0.15, 0.2) is 42.5 Å². The zero-order valence-corrected chi connectivity index (χ0v) is 14.9. The summed E-state index contributed by atoms with van der Waals surface area (Å²) in [6.45, 7) is 2.94. The lowest BCUT2D eigenvalue weighted by Gasteiger charge is -2.34. The van der Waals surface area contributed by atoms with Gasteiger partial charge in [0.05, 0.1) is 18.8 Å². The van der Waals surface area contributed by atoms with E-state index in [1.54, 1.807) is 28.0 Å². The fourth-order valence-electron chi connectivity index (χ4n) is 3.39. The molecule has 1 fully saturated rings. The van der Waals surface area contributed by atoms with E-state index >= 15 is 0 Å². The van der Waals surface area contributed by atoms with Crippen LogP contribution in [0.5, 0.6) is 5.75 Å². The minimum Gasteiger partial charge on any atom is -0.507 e. The van der Waals surface area contributed by atoms with Gasteiger partial charge in [0.1, 0.15) is 5.75 Å². The van der Waals surface area contributed by atoms with Crippen LogP contribution in [-0.2, 0) is 18.0 Å². The molecule has 140 valence electrons. The van der Waals surface area contributed by atoms with Crippen LogP contribution in [0, 0.1) is 0 Å². The van der Waals surface area contributed by atoms with Crippen LogP contribution in [0.25, 0.3) is 0 Å². The average molecular weight is 367 g/mol. The molecule has 0 unspecified atom stereocenters. The Labute approximate surface area is 157 Å². The van der Waals surface area contributed by atoms with Crippen molar-refractivity contribution in [2.24, 2.45) is 0 Å². The van der Waals surface area contributed by atoms with Crippen molar-refractivity contribution in [3.8, 4) is 5.75 Å². The van der Waals surface area contributed by atoms with Gasteiger partial charge in [-0.3, -0.25) is 4.79 Å². The lowest BCUT2D eigenvalue weighted by Crippen LogP contribution is -2.51. The van der Waals surface area contributed by atoms with Crippen LogP contribution in [0.1, 0.15) is 21.5 Å². The molecule has 1 saturated heterocycles. The Balaban J connectivity index is 1.34. The first-order chi connectivity index (χ1) is 13.1. The van der Waals surface area contributed by atoms with E-state index in [0.29, 0.717) is 39.4 Å². The van der Waals surface area contributed by atoms with Crippen molar-refractivity contribution in [2.75, 3.05) is 31.5 Å². The summed E-state index contributed by atoms with van der Waals surface area (Å²) in [5.41, 5.74) is 3.29. The van der Waals surface area contributed by atoms with Crippen LogP contribution in [0.3, 0.4) is 0 Å². The fourth-order valence-corrected chi connectivity index (χ4v) is 3.39. The zero-order valence-electron chi connectivity index (χ0n) is 14.9. The molecule has 27 heavy (non-hydrogen) atoms. The number of anilines is 1. The molecule has 7 nitrogen and oxygen atoms in total. The molecule has 0 bridgehead atoms. The SMILES string of the molecule is O=C(Nc1ccc2c(c1)COC2)N1CCN(C(=O)c2ccccc2O)CC1. The van der Waals surface area contributed by atoms with Gasteiger partial charge in [0.15, 0.2) is 0 Å². The molecule has 0 aliphatic carbocycles. The summed E-state index contributed by atoms with van der Waals surface area (Å²) in [5.74, 6) is -0.241. The Hall–Kier alpha value is -3.06. The Morgan fingerprint density at radius 1 is 0.926 bits per heavy atom. The quantitative estimate of drug-likeness (QED) is 0.854. The van der Waals surface area contributed by atoms with Gasteiger partial charge in [-0.25, -0.2) is 4.79 Å². The standard InChI is InChI=1S/C20H21N3O4/c24-18-4-2-1-3-17(18)19(25)22-7-9-23(10-8-22)20(26)21-16-6-5-14-12-27-13-15(14)11-16/h1-6,11,24H,7-10,12-13H2,(H,21,26). The lowest BCUT2D eigenvalue weighted by atomic mass is 10.1. The summed E-state index contributed by atoms with van der Waals surface area (Å²) >= 11 is 0. The molecule has 2 aromatic rings. The summed E-state index contributed by atoms with van der Waals surface area (Å²) in [7, 11) is 0.